The second-order valence-corrected chi connectivity index (χ2v) is 2.84. The lowest BCUT2D eigenvalue weighted by molar-refractivity contribution is 0.324. The van der Waals surface area contributed by atoms with Crippen molar-refractivity contribution < 1.29 is 0 Å². The van der Waals surface area contributed by atoms with Crippen LogP contribution >= 0.6 is 0 Å². The largest absolute Gasteiger partial charge is 0.0822 e. The molecule has 0 unspecified atom stereocenters. The maximum atomic E-state index is 2.44. The molecule has 7 heavy (non-hydrogen) atoms. The van der Waals surface area contributed by atoms with Gasteiger partial charge in [0.05, 0.1) is 0 Å². The summed E-state index contributed by atoms with van der Waals surface area (Å²) in [5.74, 6) is 2.02. The lowest BCUT2D eigenvalue weighted by Crippen LogP contribution is -2.13. The van der Waals surface area contributed by atoms with E-state index in [2.05, 4.69) is 13.0 Å². The van der Waals surface area contributed by atoms with Gasteiger partial charge < -0.3 is 0 Å². The number of allylic oxidation sites excluding steroid dienone is 2. The predicted octanol–water partition coefficient (Wildman–Crippen LogP) is 1.97. The first-order valence-electron chi connectivity index (χ1n) is 3.04. The molecule has 0 aromatic carbocycles. The number of hydrogen-bond donors (Lipinski definition) is 0. The smallest absolute Gasteiger partial charge is 0.0195 e. The first-order chi connectivity index (χ1) is 3.36. The quantitative estimate of drug-likeness (QED) is 0.402. The van der Waals surface area contributed by atoms with Crippen LogP contribution in [0.2, 0.25) is 0 Å². The first kappa shape index (κ1) is 3.71. The van der Waals surface area contributed by atoms with Crippen molar-refractivity contribution in [1.29, 1.82) is 0 Å². The summed E-state index contributed by atoms with van der Waals surface area (Å²) in [5.41, 5.74) is 1.66. The molecule has 0 spiro atoms. The Morgan fingerprint density at radius 2 is 2.29 bits per heavy atom. The zero-order valence-electron chi connectivity index (χ0n) is 4.65. The van der Waals surface area contributed by atoms with Gasteiger partial charge in [0, 0.05) is 0 Å². The summed E-state index contributed by atoms with van der Waals surface area (Å²) in [6.07, 6.45) is 5.39. The molecule has 0 radical (unpaired) electrons. The van der Waals surface area contributed by atoms with Crippen LogP contribution in [-0.2, 0) is 0 Å². The van der Waals surface area contributed by atoms with Crippen LogP contribution in [0.25, 0.3) is 0 Å². The summed E-state index contributed by atoms with van der Waals surface area (Å²) < 4.78 is 0. The van der Waals surface area contributed by atoms with Gasteiger partial charge in [-0.15, -0.1) is 0 Å². The highest BCUT2D eigenvalue weighted by molar-refractivity contribution is 5.20. The molecule has 0 heteroatoms. The fourth-order valence-electron chi connectivity index (χ4n) is 1.68. The third kappa shape index (κ3) is 0.324. The van der Waals surface area contributed by atoms with Gasteiger partial charge in [-0.25, -0.2) is 0 Å². The van der Waals surface area contributed by atoms with Crippen molar-refractivity contribution in [2.75, 3.05) is 0 Å². The Hall–Kier alpha value is -0.260. The Morgan fingerprint density at radius 3 is 2.43 bits per heavy atom. The van der Waals surface area contributed by atoms with Crippen molar-refractivity contribution in [3.05, 3.63) is 11.6 Å². The second-order valence-electron chi connectivity index (χ2n) is 2.84. The highest BCUT2D eigenvalue weighted by atomic mass is 14.4. The van der Waals surface area contributed by atoms with Gasteiger partial charge in [0.2, 0.25) is 0 Å². The average Bonchev–Trinajstić information content (AvgIpc) is 1.85. The van der Waals surface area contributed by atoms with Crippen LogP contribution in [0, 0.1) is 11.8 Å². The van der Waals surface area contributed by atoms with Gasteiger partial charge in [0.15, 0.2) is 0 Å². The van der Waals surface area contributed by atoms with Gasteiger partial charge in [-0.3, -0.25) is 0 Å². The molecule has 0 atom stereocenters. The summed E-state index contributed by atoms with van der Waals surface area (Å²) >= 11 is 0. The fraction of sp³-hybridized carbons (Fsp3) is 0.714. The Bertz CT molecular complexity index is 116. The van der Waals surface area contributed by atoms with E-state index in [0.29, 0.717) is 0 Å². The first-order valence-corrected chi connectivity index (χ1v) is 3.04. The lowest BCUT2D eigenvalue weighted by atomic mass is 9.81. The molecular weight excluding hydrogens is 84.1 g/mol. The van der Waals surface area contributed by atoms with Crippen LogP contribution in [0.5, 0.6) is 0 Å². The maximum Gasteiger partial charge on any atom is -0.0195 e. The van der Waals surface area contributed by atoms with E-state index >= 15 is 0 Å². The van der Waals surface area contributed by atoms with Crippen LogP contribution < -0.4 is 0 Å². The Kier molecular flexibility index (Phi) is 0.495. The summed E-state index contributed by atoms with van der Waals surface area (Å²) in [4.78, 5) is 0. The van der Waals surface area contributed by atoms with Gasteiger partial charge in [-0.1, -0.05) is 11.6 Å². The molecular formula is C7H10. The van der Waals surface area contributed by atoms with E-state index in [1.807, 2.05) is 0 Å². The van der Waals surface area contributed by atoms with Gasteiger partial charge in [-0.2, -0.15) is 0 Å². The minimum absolute atomic E-state index is 1.00. The highest BCUT2D eigenvalue weighted by Crippen LogP contribution is 2.46. The van der Waals surface area contributed by atoms with E-state index in [4.69, 9.17) is 0 Å². The standard InChI is InChI=1S/C7H10/c1-5-2-6-3-7(5)4-6/h2,6-7H,3-4H2,1H3. The molecule has 3 rings (SSSR count). The molecule has 1 fully saturated rings. The van der Waals surface area contributed by atoms with Crippen molar-refractivity contribution in [3.8, 4) is 0 Å². The molecule has 0 nitrogen and oxygen atoms in total. The van der Waals surface area contributed by atoms with Gasteiger partial charge in [-0.05, 0) is 31.6 Å². The maximum absolute atomic E-state index is 2.44. The van der Waals surface area contributed by atoms with E-state index < -0.39 is 0 Å². The third-order valence-electron chi connectivity index (χ3n) is 2.32. The number of rotatable bonds is 0. The lowest BCUT2D eigenvalue weighted by Gasteiger charge is -2.23. The molecule has 0 amide bonds. The SMILES string of the molecule is CC1=CC2CC1C2. The van der Waals surface area contributed by atoms with E-state index in [9.17, 15) is 0 Å². The Balaban J connectivity index is 2.30. The molecule has 3 aliphatic rings. The summed E-state index contributed by atoms with van der Waals surface area (Å²) in [7, 11) is 0. The van der Waals surface area contributed by atoms with Crippen LogP contribution in [-0.4, -0.2) is 0 Å². The zero-order chi connectivity index (χ0) is 4.85. The van der Waals surface area contributed by atoms with Crippen LogP contribution in [0.4, 0.5) is 0 Å². The molecule has 0 N–H and O–H groups in total. The van der Waals surface area contributed by atoms with E-state index in [1.165, 1.54) is 12.8 Å². The zero-order valence-corrected chi connectivity index (χ0v) is 4.65. The van der Waals surface area contributed by atoms with Gasteiger partial charge >= 0.3 is 0 Å². The van der Waals surface area contributed by atoms with E-state index in [-0.39, 0.29) is 0 Å². The molecule has 0 saturated heterocycles. The topological polar surface area (TPSA) is 0 Å². The highest BCUT2D eigenvalue weighted by Gasteiger charge is 2.34. The molecule has 0 aromatic rings. The van der Waals surface area contributed by atoms with E-state index in [1.54, 1.807) is 5.57 Å². The summed E-state index contributed by atoms with van der Waals surface area (Å²) in [5, 5.41) is 0. The van der Waals surface area contributed by atoms with Gasteiger partial charge in [0.25, 0.3) is 0 Å². The van der Waals surface area contributed by atoms with Crippen molar-refractivity contribution in [2.45, 2.75) is 19.8 Å². The van der Waals surface area contributed by atoms with Crippen molar-refractivity contribution in [2.24, 2.45) is 11.8 Å². The van der Waals surface area contributed by atoms with Crippen molar-refractivity contribution in [1.82, 2.24) is 0 Å². The van der Waals surface area contributed by atoms with Crippen molar-refractivity contribution in [3.63, 3.8) is 0 Å². The number of hydrogen-bond acceptors (Lipinski definition) is 0. The van der Waals surface area contributed by atoms with Crippen LogP contribution in [0.1, 0.15) is 19.8 Å². The molecule has 0 heterocycles. The predicted molar refractivity (Wildman–Crippen MR) is 30.0 cm³/mol. The fourth-order valence-corrected chi connectivity index (χ4v) is 1.68. The molecule has 0 aliphatic heterocycles. The Labute approximate surface area is 44.2 Å². The van der Waals surface area contributed by atoms with Gasteiger partial charge in [0.1, 0.15) is 0 Å². The van der Waals surface area contributed by atoms with Crippen LogP contribution in [0.15, 0.2) is 11.6 Å². The van der Waals surface area contributed by atoms with E-state index in [0.717, 1.165) is 11.8 Å². The average molecular weight is 94.2 g/mol. The molecule has 3 aliphatic carbocycles. The summed E-state index contributed by atoms with van der Waals surface area (Å²) in [6, 6.07) is 0. The molecule has 2 bridgehead atoms. The Morgan fingerprint density at radius 1 is 1.57 bits per heavy atom. The summed E-state index contributed by atoms with van der Waals surface area (Å²) in [6.45, 7) is 2.26. The van der Waals surface area contributed by atoms with Crippen molar-refractivity contribution >= 4 is 0 Å². The molecule has 0 aromatic heterocycles. The molecule has 38 valence electrons. The monoisotopic (exact) mass is 94.1 g/mol. The second kappa shape index (κ2) is 0.936. The normalized spacial score (nSPS) is 45.6. The third-order valence-corrected chi connectivity index (χ3v) is 2.32. The molecule has 1 saturated carbocycles. The van der Waals surface area contributed by atoms with Crippen LogP contribution in [0.3, 0.4) is 0 Å². The minimum Gasteiger partial charge on any atom is -0.0822 e. The minimum atomic E-state index is 1.00.